The molecular weight excluding hydrogens is 390 g/mol. The van der Waals surface area contributed by atoms with E-state index in [0.717, 1.165) is 41.4 Å². The Bertz CT molecular complexity index is 964. The van der Waals surface area contributed by atoms with E-state index in [9.17, 15) is 9.59 Å². The van der Waals surface area contributed by atoms with Crippen LogP contribution in [0.15, 0.2) is 28.8 Å². The van der Waals surface area contributed by atoms with E-state index in [1.807, 2.05) is 26.0 Å². The number of hydrogen-bond donors (Lipinski definition) is 1. The number of benzene rings is 1. The van der Waals surface area contributed by atoms with Crippen molar-refractivity contribution in [1.29, 1.82) is 0 Å². The Morgan fingerprint density at radius 2 is 2.00 bits per heavy atom. The molecule has 5 nitrogen and oxygen atoms in total. The highest BCUT2D eigenvalue weighted by Gasteiger charge is 2.35. The molecule has 0 radical (unpaired) electrons. The number of aryl methyl sites for hydroxylation is 3. The van der Waals surface area contributed by atoms with Crippen LogP contribution in [-0.2, 0) is 22.4 Å². The van der Waals surface area contributed by atoms with E-state index in [1.54, 1.807) is 6.08 Å². The first-order valence-electron chi connectivity index (χ1n) is 11.2. The van der Waals surface area contributed by atoms with Gasteiger partial charge in [-0.1, -0.05) is 42.8 Å². The van der Waals surface area contributed by atoms with Crippen LogP contribution < -0.4 is 0 Å². The quantitative estimate of drug-likeness (QED) is 0.498. The summed E-state index contributed by atoms with van der Waals surface area (Å²) in [6.45, 7) is 8.53. The van der Waals surface area contributed by atoms with Crippen molar-refractivity contribution < 1.29 is 19.2 Å². The monoisotopic (exact) mass is 423 g/mol. The van der Waals surface area contributed by atoms with Crippen molar-refractivity contribution in [1.82, 2.24) is 5.16 Å². The van der Waals surface area contributed by atoms with Crippen LogP contribution in [0, 0.1) is 25.7 Å². The number of Topliss-reactive ketones (excluding diaryl/α,β-unsaturated/α-hetero) is 1. The SMILES string of the molecule is Cc1ccc(CC(=O)CCc2noc(C3CC(CC(C)C)C3)c2/C=C/C(=O)O)c(C)c1. The second kappa shape index (κ2) is 10.1. The van der Waals surface area contributed by atoms with Crippen molar-refractivity contribution in [2.75, 3.05) is 0 Å². The third kappa shape index (κ3) is 6.16. The van der Waals surface area contributed by atoms with E-state index in [-0.39, 0.29) is 11.7 Å². The molecule has 31 heavy (non-hydrogen) atoms. The number of aliphatic carboxylic acids is 1. The average molecular weight is 424 g/mol. The first-order chi connectivity index (χ1) is 14.7. The Morgan fingerprint density at radius 1 is 1.26 bits per heavy atom. The van der Waals surface area contributed by atoms with Gasteiger partial charge in [0.25, 0.3) is 0 Å². The number of rotatable bonds is 10. The Balaban J connectivity index is 1.67. The van der Waals surface area contributed by atoms with Crippen LogP contribution in [0.1, 0.15) is 79.2 Å². The van der Waals surface area contributed by atoms with Gasteiger partial charge in [-0.25, -0.2) is 4.79 Å². The van der Waals surface area contributed by atoms with Crippen molar-refractivity contribution in [3.8, 4) is 0 Å². The van der Waals surface area contributed by atoms with Crippen molar-refractivity contribution in [2.45, 2.75) is 72.1 Å². The van der Waals surface area contributed by atoms with Crippen LogP contribution in [0.4, 0.5) is 0 Å². The first kappa shape index (κ1) is 23.0. The lowest BCUT2D eigenvalue weighted by Gasteiger charge is -2.35. The molecule has 1 aromatic carbocycles. The highest BCUT2D eigenvalue weighted by Crippen LogP contribution is 2.46. The number of carbonyl (C=O) groups is 2. The molecule has 3 rings (SSSR count). The summed E-state index contributed by atoms with van der Waals surface area (Å²) in [4.78, 5) is 23.7. The van der Waals surface area contributed by atoms with Crippen LogP contribution in [0.5, 0.6) is 0 Å². The predicted octanol–water partition coefficient (Wildman–Crippen LogP) is 5.67. The first-order valence-corrected chi connectivity index (χ1v) is 11.2. The van der Waals surface area contributed by atoms with Gasteiger partial charge in [0.1, 0.15) is 11.5 Å². The number of hydrogen-bond acceptors (Lipinski definition) is 4. The Kier molecular flexibility index (Phi) is 7.47. The van der Waals surface area contributed by atoms with Gasteiger partial charge in [0.15, 0.2) is 0 Å². The highest BCUT2D eigenvalue weighted by molar-refractivity contribution is 5.86. The standard InChI is InChI=1S/C26H33NO4/c1-16(2)11-19-13-21(14-19)26-23(8-10-25(29)30)24(27-31-26)9-7-22(28)15-20-6-5-17(3)12-18(20)4/h5-6,8,10,12,16,19,21H,7,9,11,13-15H2,1-4H3,(H,29,30)/b10-8+. The van der Waals surface area contributed by atoms with Crippen molar-refractivity contribution in [3.63, 3.8) is 0 Å². The molecule has 166 valence electrons. The van der Waals surface area contributed by atoms with Gasteiger partial charge in [-0.15, -0.1) is 0 Å². The lowest BCUT2D eigenvalue weighted by molar-refractivity contribution is -0.131. The van der Waals surface area contributed by atoms with E-state index >= 15 is 0 Å². The molecule has 0 spiro atoms. The minimum absolute atomic E-state index is 0.144. The smallest absolute Gasteiger partial charge is 0.328 e. The molecule has 1 aromatic heterocycles. The number of ketones is 1. The van der Waals surface area contributed by atoms with Gasteiger partial charge in [-0.3, -0.25) is 4.79 Å². The topological polar surface area (TPSA) is 80.4 Å². The van der Waals surface area contributed by atoms with Crippen molar-refractivity contribution in [2.24, 2.45) is 11.8 Å². The lowest BCUT2D eigenvalue weighted by atomic mass is 9.69. The Labute approximate surface area is 184 Å². The molecule has 1 aliphatic carbocycles. The van der Waals surface area contributed by atoms with E-state index < -0.39 is 5.97 Å². The zero-order chi connectivity index (χ0) is 22.5. The summed E-state index contributed by atoms with van der Waals surface area (Å²) in [6, 6.07) is 6.13. The van der Waals surface area contributed by atoms with Gasteiger partial charge in [0.2, 0.25) is 0 Å². The maximum Gasteiger partial charge on any atom is 0.328 e. The normalized spacial score (nSPS) is 18.5. The number of carboxylic acid groups (broad SMARTS) is 1. The largest absolute Gasteiger partial charge is 0.478 e. The van der Waals surface area contributed by atoms with Crippen molar-refractivity contribution in [3.05, 3.63) is 58.0 Å². The zero-order valence-corrected chi connectivity index (χ0v) is 19.0. The molecule has 2 aromatic rings. The summed E-state index contributed by atoms with van der Waals surface area (Å²) >= 11 is 0. The Hall–Kier alpha value is -2.69. The lowest BCUT2D eigenvalue weighted by Crippen LogP contribution is -2.23. The maximum atomic E-state index is 12.6. The molecular formula is C26H33NO4. The molecule has 0 amide bonds. The molecule has 0 atom stereocenters. The summed E-state index contributed by atoms with van der Waals surface area (Å²) < 4.78 is 5.66. The zero-order valence-electron chi connectivity index (χ0n) is 19.0. The van der Waals surface area contributed by atoms with E-state index in [1.165, 1.54) is 12.0 Å². The van der Waals surface area contributed by atoms with Crippen LogP contribution in [0.3, 0.4) is 0 Å². The van der Waals surface area contributed by atoms with Gasteiger partial charge in [0.05, 0.1) is 5.69 Å². The molecule has 5 heteroatoms. The van der Waals surface area contributed by atoms with Gasteiger partial charge in [-0.05, 0) is 62.1 Å². The van der Waals surface area contributed by atoms with Gasteiger partial charge in [0, 0.05) is 36.8 Å². The molecule has 0 aliphatic heterocycles. The predicted molar refractivity (Wildman–Crippen MR) is 121 cm³/mol. The summed E-state index contributed by atoms with van der Waals surface area (Å²) in [5, 5.41) is 13.3. The summed E-state index contributed by atoms with van der Waals surface area (Å²) in [5.74, 6) is 1.55. The fraction of sp³-hybridized carbons (Fsp3) is 0.500. The van der Waals surface area contributed by atoms with Crippen LogP contribution in [0.2, 0.25) is 0 Å². The number of carboxylic acids is 1. The Morgan fingerprint density at radius 3 is 2.65 bits per heavy atom. The fourth-order valence-electron chi connectivity index (χ4n) is 4.56. The molecule has 0 unspecified atom stereocenters. The van der Waals surface area contributed by atoms with Crippen LogP contribution >= 0.6 is 0 Å². The third-order valence-corrected chi connectivity index (χ3v) is 6.16. The second-order valence-electron chi connectivity index (χ2n) is 9.39. The molecule has 1 heterocycles. The maximum absolute atomic E-state index is 12.6. The van der Waals surface area contributed by atoms with E-state index in [4.69, 9.17) is 9.63 Å². The molecule has 1 fully saturated rings. The summed E-state index contributed by atoms with van der Waals surface area (Å²) in [6.07, 6.45) is 7.21. The van der Waals surface area contributed by atoms with Gasteiger partial charge < -0.3 is 9.63 Å². The average Bonchev–Trinajstić information content (AvgIpc) is 3.05. The second-order valence-corrected chi connectivity index (χ2v) is 9.39. The van der Waals surface area contributed by atoms with Crippen LogP contribution in [-0.4, -0.2) is 22.0 Å². The van der Waals surface area contributed by atoms with E-state index in [0.29, 0.717) is 36.8 Å². The van der Waals surface area contributed by atoms with E-state index in [2.05, 4.69) is 25.1 Å². The van der Waals surface area contributed by atoms with Gasteiger partial charge in [-0.2, -0.15) is 0 Å². The summed E-state index contributed by atoms with van der Waals surface area (Å²) in [7, 11) is 0. The van der Waals surface area contributed by atoms with Crippen molar-refractivity contribution >= 4 is 17.8 Å². The number of nitrogens with zero attached hydrogens (tertiary/aromatic N) is 1. The van der Waals surface area contributed by atoms with Gasteiger partial charge >= 0.3 is 5.97 Å². The minimum Gasteiger partial charge on any atom is -0.478 e. The third-order valence-electron chi connectivity index (χ3n) is 6.16. The highest BCUT2D eigenvalue weighted by atomic mass is 16.5. The minimum atomic E-state index is -1.00. The van der Waals surface area contributed by atoms with Crippen LogP contribution in [0.25, 0.3) is 6.08 Å². The molecule has 1 N–H and O–H groups in total. The summed E-state index contributed by atoms with van der Waals surface area (Å²) in [5.41, 5.74) is 4.78. The molecule has 0 saturated heterocycles. The fourth-order valence-corrected chi connectivity index (χ4v) is 4.56. The number of aromatic nitrogens is 1. The number of carbonyl (C=O) groups excluding carboxylic acids is 1. The molecule has 1 aliphatic rings. The molecule has 0 bridgehead atoms. The molecule has 1 saturated carbocycles.